The molecule has 1 aromatic rings. The number of nitrogens with one attached hydrogen (secondary N) is 1. The van der Waals surface area contributed by atoms with Crippen molar-refractivity contribution in [1.82, 2.24) is 5.32 Å². The standard InChI is InChI=1S/C15H17BrN2O3/c16-11-5-1-4-10(7-11)15(21)18-13(14(17)20)9-3-2-6-12(19)8-9/h1,4-5,7,9,13H,2-3,6,8H2,(H2,17,20)(H,18,21)/t9-,13+/m0/s1. The van der Waals surface area contributed by atoms with Gasteiger partial charge in [-0.15, -0.1) is 0 Å². The summed E-state index contributed by atoms with van der Waals surface area (Å²) in [4.78, 5) is 35.4. The van der Waals surface area contributed by atoms with Crippen LogP contribution >= 0.6 is 15.9 Å². The molecule has 0 aromatic heterocycles. The van der Waals surface area contributed by atoms with E-state index in [1.165, 1.54) is 0 Å². The van der Waals surface area contributed by atoms with Crippen molar-refractivity contribution in [3.63, 3.8) is 0 Å². The lowest BCUT2D eigenvalue weighted by Gasteiger charge is -2.28. The molecule has 1 aliphatic carbocycles. The van der Waals surface area contributed by atoms with Gasteiger partial charge in [-0.05, 0) is 37.0 Å². The van der Waals surface area contributed by atoms with Gasteiger partial charge in [-0.3, -0.25) is 14.4 Å². The Morgan fingerprint density at radius 3 is 2.76 bits per heavy atom. The Morgan fingerprint density at radius 2 is 2.14 bits per heavy atom. The van der Waals surface area contributed by atoms with E-state index in [0.29, 0.717) is 18.4 Å². The van der Waals surface area contributed by atoms with Crippen molar-refractivity contribution in [2.75, 3.05) is 0 Å². The lowest BCUT2D eigenvalue weighted by molar-refractivity contribution is -0.124. The molecule has 1 aliphatic rings. The molecule has 3 N–H and O–H groups in total. The van der Waals surface area contributed by atoms with Crippen molar-refractivity contribution in [2.24, 2.45) is 11.7 Å². The maximum Gasteiger partial charge on any atom is 0.251 e. The van der Waals surface area contributed by atoms with Crippen molar-refractivity contribution in [2.45, 2.75) is 31.7 Å². The second-order valence-corrected chi connectivity index (χ2v) is 6.17. The van der Waals surface area contributed by atoms with Crippen molar-refractivity contribution in [3.05, 3.63) is 34.3 Å². The predicted molar refractivity (Wildman–Crippen MR) is 81.6 cm³/mol. The third-order valence-corrected chi connectivity index (χ3v) is 4.16. The zero-order valence-electron chi connectivity index (χ0n) is 11.5. The molecule has 0 spiro atoms. The number of amides is 2. The molecule has 2 rings (SSSR count). The summed E-state index contributed by atoms with van der Waals surface area (Å²) in [6.45, 7) is 0. The topological polar surface area (TPSA) is 89.3 Å². The molecule has 5 nitrogen and oxygen atoms in total. The summed E-state index contributed by atoms with van der Waals surface area (Å²) >= 11 is 3.29. The number of Topliss-reactive ketones (excluding diaryl/α,β-unsaturated/α-hetero) is 1. The van der Waals surface area contributed by atoms with Crippen LogP contribution in [0.25, 0.3) is 0 Å². The summed E-state index contributed by atoms with van der Waals surface area (Å²) in [6.07, 6.45) is 2.30. The van der Waals surface area contributed by atoms with Crippen LogP contribution in [0.2, 0.25) is 0 Å². The highest BCUT2D eigenvalue weighted by Crippen LogP contribution is 2.24. The Balaban J connectivity index is 2.11. The van der Waals surface area contributed by atoms with Crippen LogP contribution in [0.3, 0.4) is 0 Å². The monoisotopic (exact) mass is 352 g/mol. The van der Waals surface area contributed by atoms with Gasteiger partial charge in [-0.1, -0.05) is 22.0 Å². The zero-order chi connectivity index (χ0) is 15.4. The maximum absolute atomic E-state index is 12.2. The molecule has 6 heteroatoms. The first-order valence-electron chi connectivity index (χ1n) is 6.85. The number of carbonyl (C=O) groups excluding carboxylic acids is 3. The highest BCUT2D eigenvalue weighted by molar-refractivity contribution is 9.10. The van der Waals surface area contributed by atoms with Gasteiger partial charge in [0.1, 0.15) is 11.8 Å². The SMILES string of the molecule is NC(=O)[C@H](NC(=O)c1cccc(Br)c1)[C@H]1CCCC(=O)C1. The van der Waals surface area contributed by atoms with Gasteiger partial charge < -0.3 is 11.1 Å². The molecular weight excluding hydrogens is 336 g/mol. The fourth-order valence-corrected chi connectivity index (χ4v) is 3.02. The Morgan fingerprint density at radius 1 is 1.38 bits per heavy atom. The lowest BCUT2D eigenvalue weighted by atomic mass is 9.82. The highest BCUT2D eigenvalue weighted by atomic mass is 79.9. The largest absolute Gasteiger partial charge is 0.368 e. The number of carbonyl (C=O) groups is 3. The van der Waals surface area contributed by atoms with Crippen LogP contribution in [0.1, 0.15) is 36.0 Å². The molecule has 0 heterocycles. The number of rotatable bonds is 4. The maximum atomic E-state index is 12.2. The van der Waals surface area contributed by atoms with E-state index in [2.05, 4.69) is 21.2 Å². The zero-order valence-corrected chi connectivity index (χ0v) is 13.1. The summed E-state index contributed by atoms with van der Waals surface area (Å²) in [5.74, 6) is -1.05. The van der Waals surface area contributed by atoms with Gasteiger partial charge in [0.2, 0.25) is 5.91 Å². The fourth-order valence-electron chi connectivity index (χ4n) is 2.62. The van der Waals surface area contributed by atoms with Crippen molar-refractivity contribution >= 4 is 33.5 Å². The van der Waals surface area contributed by atoms with Crippen molar-refractivity contribution in [3.8, 4) is 0 Å². The first kappa shape index (κ1) is 15.7. The van der Waals surface area contributed by atoms with Gasteiger partial charge in [0.05, 0.1) is 0 Å². The molecular formula is C15H17BrN2O3. The molecule has 1 fully saturated rings. The van der Waals surface area contributed by atoms with Crippen LogP contribution in [0.4, 0.5) is 0 Å². The first-order chi connectivity index (χ1) is 9.97. The van der Waals surface area contributed by atoms with Gasteiger partial charge in [0.25, 0.3) is 5.91 Å². The second kappa shape index (κ2) is 6.85. The van der Waals surface area contributed by atoms with E-state index in [1.807, 2.05) is 6.07 Å². The molecule has 2 atom stereocenters. The predicted octanol–water partition coefficient (Wildman–Crippen LogP) is 1.79. The number of hydrogen-bond acceptors (Lipinski definition) is 3. The summed E-state index contributed by atoms with van der Waals surface area (Å²) in [6, 6.07) is 6.06. The van der Waals surface area contributed by atoms with E-state index in [1.54, 1.807) is 18.2 Å². The smallest absolute Gasteiger partial charge is 0.251 e. The normalized spacial score (nSPS) is 19.9. The van der Waals surface area contributed by atoms with Crippen LogP contribution < -0.4 is 11.1 Å². The average molecular weight is 353 g/mol. The lowest BCUT2D eigenvalue weighted by Crippen LogP contribution is -2.50. The minimum absolute atomic E-state index is 0.120. The third kappa shape index (κ3) is 4.14. The molecule has 1 saturated carbocycles. The third-order valence-electron chi connectivity index (χ3n) is 3.67. The Kier molecular flexibility index (Phi) is 5.12. The van der Waals surface area contributed by atoms with Crippen LogP contribution in [0, 0.1) is 5.92 Å². The van der Waals surface area contributed by atoms with E-state index in [0.717, 1.165) is 17.3 Å². The van der Waals surface area contributed by atoms with Crippen LogP contribution in [-0.2, 0) is 9.59 Å². The number of primary amides is 1. The number of nitrogens with two attached hydrogens (primary N) is 1. The van der Waals surface area contributed by atoms with Crippen molar-refractivity contribution < 1.29 is 14.4 Å². The van der Waals surface area contributed by atoms with Gasteiger partial charge in [0, 0.05) is 22.9 Å². The minimum atomic E-state index is -0.805. The van der Waals surface area contributed by atoms with E-state index in [9.17, 15) is 14.4 Å². The molecule has 112 valence electrons. The Hall–Kier alpha value is -1.69. The summed E-state index contributed by atoms with van der Waals surface area (Å²) in [7, 11) is 0. The molecule has 0 radical (unpaired) electrons. The Labute approximate surface area is 131 Å². The van der Waals surface area contributed by atoms with E-state index in [4.69, 9.17) is 5.73 Å². The van der Waals surface area contributed by atoms with E-state index < -0.39 is 11.9 Å². The van der Waals surface area contributed by atoms with Gasteiger partial charge >= 0.3 is 0 Å². The van der Waals surface area contributed by atoms with Crippen LogP contribution in [0.5, 0.6) is 0 Å². The summed E-state index contributed by atoms with van der Waals surface area (Å²) in [5.41, 5.74) is 5.84. The quantitative estimate of drug-likeness (QED) is 0.865. The van der Waals surface area contributed by atoms with Crippen LogP contribution in [-0.4, -0.2) is 23.6 Å². The van der Waals surface area contributed by atoms with E-state index >= 15 is 0 Å². The summed E-state index contributed by atoms with van der Waals surface area (Å²) in [5, 5.41) is 2.66. The molecule has 0 unspecified atom stereocenters. The molecule has 0 bridgehead atoms. The highest BCUT2D eigenvalue weighted by Gasteiger charge is 2.32. The van der Waals surface area contributed by atoms with Gasteiger partial charge in [-0.2, -0.15) is 0 Å². The van der Waals surface area contributed by atoms with Gasteiger partial charge in [-0.25, -0.2) is 0 Å². The molecule has 0 saturated heterocycles. The first-order valence-corrected chi connectivity index (χ1v) is 7.64. The number of hydrogen-bond donors (Lipinski definition) is 2. The second-order valence-electron chi connectivity index (χ2n) is 5.26. The molecule has 2 amide bonds. The fraction of sp³-hybridized carbons (Fsp3) is 0.400. The number of benzene rings is 1. The minimum Gasteiger partial charge on any atom is -0.368 e. The van der Waals surface area contributed by atoms with Crippen molar-refractivity contribution in [1.29, 1.82) is 0 Å². The van der Waals surface area contributed by atoms with Gasteiger partial charge in [0.15, 0.2) is 0 Å². The molecule has 0 aliphatic heterocycles. The summed E-state index contributed by atoms with van der Waals surface area (Å²) < 4.78 is 0.776. The average Bonchev–Trinajstić information content (AvgIpc) is 2.44. The molecule has 1 aromatic carbocycles. The molecule has 21 heavy (non-hydrogen) atoms. The van der Waals surface area contributed by atoms with Crippen LogP contribution in [0.15, 0.2) is 28.7 Å². The number of ketones is 1. The number of halogens is 1. The van der Waals surface area contributed by atoms with E-state index in [-0.39, 0.29) is 17.6 Å². The Bertz CT molecular complexity index is 574.